The Balaban J connectivity index is 3.23. The summed E-state index contributed by atoms with van der Waals surface area (Å²) < 4.78 is 14.1. The highest BCUT2D eigenvalue weighted by molar-refractivity contribution is 5.29. The molecule has 0 aliphatic rings. The third kappa shape index (κ3) is 3.09. The number of benzene rings is 1. The molecule has 0 fully saturated rings. The average molecular weight is 252 g/mol. The molecule has 102 valence electrons. The first-order valence-electron chi connectivity index (χ1n) is 6.47. The molecule has 1 aromatic carbocycles. The van der Waals surface area contributed by atoms with Gasteiger partial charge in [-0.25, -0.2) is 4.39 Å². The Morgan fingerprint density at radius 2 is 1.94 bits per heavy atom. The summed E-state index contributed by atoms with van der Waals surface area (Å²) in [7, 11) is 4.05. The lowest BCUT2D eigenvalue weighted by atomic mass is 9.86. The van der Waals surface area contributed by atoms with Crippen molar-refractivity contribution >= 4 is 0 Å². The molecule has 0 aliphatic heterocycles. The molecule has 1 rings (SSSR count). The number of likely N-dealkylation sites (N-methyl/N-ethyl adjacent to an activating group) is 2. The molecule has 0 amide bonds. The predicted molar refractivity (Wildman–Crippen MR) is 75.3 cm³/mol. The zero-order valence-corrected chi connectivity index (χ0v) is 12.3. The fourth-order valence-electron chi connectivity index (χ4n) is 2.09. The molecule has 1 N–H and O–H groups in total. The highest BCUT2D eigenvalue weighted by Gasteiger charge is 2.33. The van der Waals surface area contributed by atoms with Crippen LogP contribution in [0.25, 0.3) is 0 Å². The molecule has 1 atom stereocenters. The molecule has 0 aromatic heterocycles. The SMILES string of the molecule is CCNC(c1cc(C)ccc1F)C(C)(C)N(C)C. The summed E-state index contributed by atoms with van der Waals surface area (Å²) in [6.45, 7) is 9.11. The number of halogens is 1. The summed E-state index contributed by atoms with van der Waals surface area (Å²) in [5, 5.41) is 3.41. The third-order valence-electron chi connectivity index (χ3n) is 3.73. The minimum absolute atomic E-state index is 0.0302. The van der Waals surface area contributed by atoms with Gasteiger partial charge in [0.25, 0.3) is 0 Å². The number of nitrogens with one attached hydrogen (secondary N) is 1. The number of aryl methyl sites for hydroxylation is 1. The predicted octanol–water partition coefficient (Wildman–Crippen LogP) is 3.12. The van der Waals surface area contributed by atoms with Crippen molar-refractivity contribution in [2.24, 2.45) is 0 Å². The van der Waals surface area contributed by atoms with Crippen LogP contribution < -0.4 is 5.32 Å². The largest absolute Gasteiger partial charge is 0.309 e. The van der Waals surface area contributed by atoms with Crippen molar-refractivity contribution in [1.29, 1.82) is 0 Å². The van der Waals surface area contributed by atoms with Gasteiger partial charge in [-0.1, -0.05) is 24.6 Å². The van der Waals surface area contributed by atoms with Gasteiger partial charge in [-0.15, -0.1) is 0 Å². The molecule has 18 heavy (non-hydrogen) atoms. The second-order valence-electron chi connectivity index (χ2n) is 5.56. The molecule has 2 nitrogen and oxygen atoms in total. The van der Waals surface area contributed by atoms with E-state index in [-0.39, 0.29) is 17.4 Å². The quantitative estimate of drug-likeness (QED) is 0.866. The minimum Gasteiger partial charge on any atom is -0.309 e. The first kappa shape index (κ1) is 15.1. The van der Waals surface area contributed by atoms with Crippen molar-refractivity contribution in [3.8, 4) is 0 Å². The second-order valence-corrected chi connectivity index (χ2v) is 5.56. The van der Waals surface area contributed by atoms with Crippen molar-refractivity contribution < 1.29 is 4.39 Å². The highest BCUT2D eigenvalue weighted by atomic mass is 19.1. The molecule has 0 heterocycles. The van der Waals surface area contributed by atoms with E-state index in [2.05, 4.69) is 24.1 Å². The van der Waals surface area contributed by atoms with Gasteiger partial charge in [-0.05, 0) is 47.5 Å². The number of hydrogen-bond donors (Lipinski definition) is 1. The fraction of sp³-hybridized carbons (Fsp3) is 0.600. The Morgan fingerprint density at radius 1 is 1.33 bits per heavy atom. The van der Waals surface area contributed by atoms with Gasteiger partial charge < -0.3 is 10.2 Å². The van der Waals surface area contributed by atoms with Crippen LogP contribution in [0.4, 0.5) is 4.39 Å². The monoisotopic (exact) mass is 252 g/mol. The summed E-state index contributed by atoms with van der Waals surface area (Å²) in [5.41, 5.74) is 1.67. The molecule has 1 aromatic rings. The molecule has 0 saturated carbocycles. The molecular weight excluding hydrogens is 227 g/mol. The molecule has 3 heteroatoms. The Kier molecular flexibility index (Phi) is 4.88. The molecule has 0 bridgehead atoms. The molecule has 0 radical (unpaired) electrons. The number of nitrogens with zero attached hydrogens (tertiary/aromatic N) is 1. The summed E-state index contributed by atoms with van der Waals surface area (Å²) in [6.07, 6.45) is 0. The fourth-order valence-corrected chi connectivity index (χ4v) is 2.09. The summed E-state index contributed by atoms with van der Waals surface area (Å²) in [5.74, 6) is -0.138. The topological polar surface area (TPSA) is 15.3 Å². The normalized spacial score (nSPS) is 14.0. The Hall–Kier alpha value is -0.930. The maximum absolute atomic E-state index is 14.1. The molecular formula is C15H25FN2. The number of hydrogen-bond acceptors (Lipinski definition) is 2. The highest BCUT2D eigenvalue weighted by Crippen LogP contribution is 2.31. The van der Waals surface area contributed by atoms with Crippen molar-refractivity contribution in [3.05, 3.63) is 35.1 Å². The lowest BCUT2D eigenvalue weighted by molar-refractivity contribution is 0.137. The van der Waals surface area contributed by atoms with Gasteiger partial charge in [0.05, 0.1) is 6.04 Å². The molecule has 0 saturated heterocycles. The zero-order valence-electron chi connectivity index (χ0n) is 12.3. The van der Waals surface area contributed by atoms with E-state index in [1.807, 2.05) is 40.1 Å². The van der Waals surface area contributed by atoms with Crippen molar-refractivity contribution in [2.45, 2.75) is 39.3 Å². The van der Waals surface area contributed by atoms with Gasteiger partial charge in [0.1, 0.15) is 5.82 Å². The van der Waals surface area contributed by atoms with E-state index in [1.165, 1.54) is 0 Å². The van der Waals surface area contributed by atoms with Crippen LogP contribution in [0.15, 0.2) is 18.2 Å². The van der Waals surface area contributed by atoms with Crippen molar-refractivity contribution in [1.82, 2.24) is 10.2 Å². The van der Waals surface area contributed by atoms with E-state index in [0.717, 1.165) is 17.7 Å². The maximum atomic E-state index is 14.1. The van der Waals surface area contributed by atoms with Gasteiger partial charge in [0.2, 0.25) is 0 Å². The zero-order chi connectivity index (χ0) is 13.9. The minimum atomic E-state index is -0.162. The van der Waals surface area contributed by atoms with Crippen LogP contribution >= 0.6 is 0 Å². The van der Waals surface area contributed by atoms with Crippen LogP contribution in [-0.4, -0.2) is 31.1 Å². The third-order valence-corrected chi connectivity index (χ3v) is 3.73. The van der Waals surface area contributed by atoms with Crippen molar-refractivity contribution in [2.75, 3.05) is 20.6 Å². The second kappa shape index (κ2) is 5.81. The van der Waals surface area contributed by atoms with E-state index in [4.69, 9.17) is 0 Å². The van der Waals surface area contributed by atoms with E-state index in [1.54, 1.807) is 6.07 Å². The molecule has 0 aliphatic carbocycles. The number of rotatable bonds is 5. The van der Waals surface area contributed by atoms with Gasteiger partial charge in [0, 0.05) is 11.1 Å². The van der Waals surface area contributed by atoms with Crippen LogP contribution in [0.1, 0.15) is 37.9 Å². The van der Waals surface area contributed by atoms with Gasteiger partial charge in [-0.3, -0.25) is 0 Å². The average Bonchev–Trinajstić information content (AvgIpc) is 2.29. The van der Waals surface area contributed by atoms with Crippen molar-refractivity contribution in [3.63, 3.8) is 0 Å². The van der Waals surface area contributed by atoms with Crippen LogP contribution in [-0.2, 0) is 0 Å². The van der Waals surface area contributed by atoms with E-state index < -0.39 is 0 Å². The lowest BCUT2D eigenvalue weighted by Gasteiger charge is -2.41. The smallest absolute Gasteiger partial charge is 0.128 e. The van der Waals surface area contributed by atoms with E-state index in [0.29, 0.717) is 0 Å². The Bertz CT molecular complexity index is 399. The Labute approximate surface area is 110 Å². The van der Waals surface area contributed by atoms with Crippen LogP contribution in [0.3, 0.4) is 0 Å². The Morgan fingerprint density at radius 3 is 2.44 bits per heavy atom. The molecule has 1 unspecified atom stereocenters. The van der Waals surface area contributed by atoms with Crippen LogP contribution in [0.5, 0.6) is 0 Å². The summed E-state index contributed by atoms with van der Waals surface area (Å²) >= 11 is 0. The van der Waals surface area contributed by atoms with E-state index >= 15 is 0 Å². The maximum Gasteiger partial charge on any atom is 0.128 e. The summed E-state index contributed by atoms with van der Waals surface area (Å²) in [6, 6.07) is 5.27. The van der Waals surface area contributed by atoms with Gasteiger partial charge in [0.15, 0.2) is 0 Å². The summed E-state index contributed by atoms with van der Waals surface area (Å²) in [4.78, 5) is 2.13. The van der Waals surface area contributed by atoms with Gasteiger partial charge in [-0.2, -0.15) is 0 Å². The molecule has 0 spiro atoms. The standard InChI is InChI=1S/C15H25FN2/c1-7-17-14(15(3,4)18(5)6)12-10-11(2)8-9-13(12)16/h8-10,14,17H,7H2,1-6H3. The van der Waals surface area contributed by atoms with Crippen LogP contribution in [0.2, 0.25) is 0 Å². The lowest BCUT2D eigenvalue weighted by Crippen LogP contribution is -2.49. The first-order valence-corrected chi connectivity index (χ1v) is 6.47. The van der Waals surface area contributed by atoms with E-state index in [9.17, 15) is 4.39 Å². The van der Waals surface area contributed by atoms with Gasteiger partial charge >= 0.3 is 0 Å². The first-order chi connectivity index (χ1) is 8.30. The van der Waals surface area contributed by atoms with Crippen LogP contribution in [0, 0.1) is 12.7 Å².